The average Bonchev–Trinajstić information content (AvgIpc) is 2.49. The van der Waals surface area contributed by atoms with Gasteiger partial charge in [0.1, 0.15) is 6.26 Å². The van der Waals surface area contributed by atoms with Gasteiger partial charge in [0.25, 0.3) is 0 Å². The van der Waals surface area contributed by atoms with Crippen LogP contribution in [-0.4, -0.2) is 12.8 Å². The van der Waals surface area contributed by atoms with Crippen LogP contribution in [0.1, 0.15) is 12.7 Å². The molecule has 0 fully saturated rings. The maximum atomic E-state index is 10.6. The maximum absolute atomic E-state index is 10.6. The smallest absolute Gasteiger partial charge is 0.435 e. The van der Waals surface area contributed by atoms with E-state index in [1.165, 1.54) is 0 Å². The molecule has 6 nitrogen and oxygen atoms in total. The van der Waals surface area contributed by atoms with E-state index in [0.717, 1.165) is 6.26 Å². The number of carbonyl (C=O) groups excluding carboxylic acids is 1. The summed E-state index contributed by atoms with van der Waals surface area (Å²) in [5.74, 6) is -0.694. The summed E-state index contributed by atoms with van der Waals surface area (Å²) in [6.45, 7) is 1.71. The molecule has 0 radical (unpaired) electrons. The SMILES string of the molecule is CCOC(=O)OCc1coc(=O)o1. The third kappa shape index (κ3) is 3.02. The van der Waals surface area contributed by atoms with Crippen molar-refractivity contribution in [1.82, 2.24) is 0 Å². The van der Waals surface area contributed by atoms with Gasteiger partial charge in [0.05, 0.1) is 6.61 Å². The predicted molar refractivity (Wildman–Crippen MR) is 39.1 cm³/mol. The van der Waals surface area contributed by atoms with Crippen molar-refractivity contribution in [2.24, 2.45) is 0 Å². The molecular weight excluding hydrogens is 180 g/mol. The Bertz CT molecular complexity index is 322. The fourth-order valence-electron chi connectivity index (χ4n) is 0.622. The highest BCUT2D eigenvalue weighted by molar-refractivity contribution is 5.59. The molecule has 1 rings (SSSR count). The van der Waals surface area contributed by atoms with Crippen molar-refractivity contribution in [2.75, 3.05) is 6.61 Å². The first-order valence-corrected chi connectivity index (χ1v) is 3.59. The van der Waals surface area contributed by atoms with Crippen molar-refractivity contribution in [2.45, 2.75) is 13.5 Å². The molecule has 0 saturated heterocycles. The Balaban J connectivity index is 2.35. The molecule has 0 saturated carbocycles. The Morgan fingerprint density at radius 3 is 2.85 bits per heavy atom. The molecule has 0 N–H and O–H groups in total. The first-order valence-electron chi connectivity index (χ1n) is 3.59. The van der Waals surface area contributed by atoms with E-state index in [1.54, 1.807) is 6.92 Å². The summed E-state index contributed by atoms with van der Waals surface area (Å²) >= 11 is 0. The Morgan fingerprint density at radius 2 is 2.31 bits per heavy atom. The van der Waals surface area contributed by atoms with Crippen molar-refractivity contribution in [3.05, 3.63) is 22.6 Å². The number of carbonyl (C=O) groups is 1. The quantitative estimate of drug-likeness (QED) is 0.656. The van der Waals surface area contributed by atoms with Gasteiger partial charge in [-0.15, -0.1) is 0 Å². The molecule has 1 aromatic heterocycles. The van der Waals surface area contributed by atoms with Crippen LogP contribution in [0.25, 0.3) is 0 Å². The van der Waals surface area contributed by atoms with E-state index in [1.807, 2.05) is 0 Å². The molecule has 0 unspecified atom stereocenters. The Hall–Kier alpha value is -1.72. The number of ether oxygens (including phenoxy) is 2. The minimum absolute atomic E-state index is 0.137. The normalized spacial score (nSPS) is 9.62. The molecule has 0 aromatic carbocycles. The Kier molecular flexibility index (Phi) is 3.13. The summed E-state index contributed by atoms with van der Waals surface area (Å²) in [6.07, 6.45) is 0.257. The van der Waals surface area contributed by atoms with E-state index in [0.29, 0.717) is 0 Å². The molecule has 0 spiro atoms. The van der Waals surface area contributed by atoms with Gasteiger partial charge in [0.2, 0.25) is 0 Å². The van der Waals surface area contributed by atoms with Gasteiger partial charge in [-0.05, 0) is 6.92 Å². The van der Waals surface area contributed by atoms with Crippen LogP contribution in [0.2, 0.25) is 0 Å². The third-order valence-corrected chi connectivity index (χ3v) is 1.10. The summed E-state index contributed by atoms with van der Waals surface area (Å²) in [5.41, 5.74) is 0. The molecule has 6 heteroatoms. The molecular formula is C7H8O6. The first kappa shape index (κ1) is 9.37. The van der Waals surface area contributed by atoms with Crippen LogP contribution in [0.5, 0.6) is 0 Å². The van der Waals surface area contributed by atoms with E-state index in [-0.39, 0.29) is 19.0 Å². The second-order valence-electron chi connectivity index (χ2n) is 2.03. The van der Waals surface area contributed by atoms with Crippen LogP contribution in [-0.2, 0) is 16.1 Å². The molecule has 0 atom stereocenters. The molecule has 0 aliphatic carbocycles. The number of hydrogen-bond acceptors (Lipinski definition) is 6. The van der Waals surface area contributed by atoms with Gasteiger partial charge in [-0.1, -0.05) is 0 Å². The Labute approximate surface area is 73.0 Å². The molecule has 13 heavy (non-hydrogen) atoms. The van der Waals surface area contributed by atoms with Crippen LogP contribution in [0.15, 0.2) is 19.9 Å². The van der Waals surface area contributed by atoms with E-state index < -0.39 is 12.0 Å². The third-order valence-electron chi connectivity index (χ3n) is 1.10. The molecule has 0 bridgehead atoms. The lowest BCUT2D eigenvalue weighted by molar-refractivity contribution is 0.0486. The van der Waals surface area contributed by atoms with E-state index in [4.69, 9.17) is 0 Å². The van der Waals surface area contributed by atoms with Crippen molar-refractivity contribution >= 4 is 6.16 Å². The maximum Gasteiger partial charge on any atom is 0.518 e. The summed E-state index contributed by atoms with van der Waals surface area (Å²) in [6, 6.07) is 0. The summed E-state index contributed by atoms with van der Waals surface area (Å²) in [4.78, 5) is 21.0. The standard InChI is InChI=1S/C7H8O6/c1-2-10-6(8)11-3-5-4-12-7(9)13-5/h4H,2-3H2,1H3. The van der Waals surface area contributed by atoms with Crippen LogP contribution in [0.4, 0.5) is 4.79 Å². The topological polar surface area (TPSA) is 78.9 Å². The van der Waals surface area contributed by atoms with Crippen molar-refractivity contribution in [3.63, 3.8) is 0 Å². The summed E-state index contributed by atoms with van der Waals surface area (Å²) in [5, 5.41) is 0. The molecule has 0 aliphatic rings. The zero-order valence-electron chi connectivity index (χ0n) is 6.94. The lowest BCUT2D eigenvalue weighted by Crippen LogP contribution is -2.06. The van der Waals surface area contributed by atoms with E-state index >= 15 is 0 Å². The van der Waals surface area contributed by atoms with E-state index in [9.17, 15) is 9.59 Å². The first-order chi connectivity index (χ1) is 6.22. The average molecular weight is 188 g/mol. The minimum Gasteiger partial charge on any atom is -0.435 e. The van der Waals surface area contributed by atoms with Gasteiger partial charge in [-0.2, -0.15) is 0 Å². The highest BCUT2D eigenvalue weighted by atomic mass is 16.7. The minimum atomic E-state index is -0.831. The largest absolute Gasteiger partial charge is 0.518 e. The van der Waals surface area contributed by atoms with Crippen molar-refractivity contribution < 1.29 is 23.1 Å². The van der Waals surface area contributed by atoms with Crippen LogP contribution >= 0.6 is 0 Å². The highest BCUT2D eigenvalue weighted by Crippen LogP contribution is 1.98. The van der Waals surface area contributed by atoms with Crippen molar-refractivity contribution in [1.29, 1.82) is 0 Å². The van der Waals surface area contributed by atoms with Gasteiger partial charge in [0.15, 0.2) is 12.4 Å². The van der Waals surface area contributed by atoms with Crippen molar-refractivity contribution in [3.8, 4) is 0 Å². The van der Waals surface area contributed by atoms with Gasteiger partial charge >= 0.3 is 12.0 Å². The zero-order valence-corrected chi connectivity index (χ0v) is 6.94. The summed E-state index contributed by atoms with van der Waals surface area (Å²) < 4.78 is 17.7. The van der Waals surface area contributed by atoms with Gasteiger partial charge in [-0.3, -0.25) is 0 Å². The number of rotatable bonds is 3. The highest BCUT2D eigenvalue weighted by Gasteiger charge is 2.06. The summed E-state index contributed by atoms with van der Waals surface area (Å²) in [7, 11) is 0. The molecule has 0 aliphatic heterocycles. The second kappa shape index (κ2) is 4.34. The van der Waals surface area contributed by atoms with Crippen LogP contribution < -0.4 is 5.82 Å². The van der Waals surface area contributed by atoms with Gasteiger partial charge in [0, 0.05) is 0 Å². The lowest BCUT2D eigenvalue weighted by atomic mass is 10.6. The van der Waals surface area contributed by atoms with Gasteiger partial charge < -0.3 is 18.3 Å². The van der Waals surface area contributed by atoms with E-state index in [2.05, 4.69) is 18.3 Å². The van der Waals surface area contributed by atoms with Gasteiger partial charge in [-0.25, -0.2) is 9.59 Å². The lowest BCUT2D eigenvalue weighted by Gasteiger charge is -2.00. The molecule has 1 aromatic rings. The Morgan fingerprint density at radius 1 is 1.54 bits per heavy atom. The molecule has 0 amide bonds. The second-order valence-corrected chi connectivity index (χ2v) is 2.03. The number of hydrogen-bond donors (Lipinski definition) is 0. The van der Waals surface area contributed by atoms with Crippen LogP contribution in [0, 0.1) is 0 Å². The molecule has 72 valence electrons. The van der Waals surface area contributed by atoms with Crippen LogP contribution in [0.3, 0.4) is 0 Å². The zero-order chi connectivity index (χ0) is 9.68. The monoisotopic (exact) mass is 188 g/mol. The fraction of sp³-hybridized carbons (Fsp3) is 0.429. The molecule has 1 heterocycles. The predicted octanol–water partition coefficient (Wildman–Crippen LogP) is 0.906. The fourth-order valence-corrected chi connectivity index (χ4v) is 0.622.